The van der Waals surface area contributed by atoms with Gasteiger partial charge in [-0.1, -0.05) is 0 Å². The van der Waals surface area contributed by atoms with Crippen molar-refractivity contribution in [1.82, 2.24) is 15.1 Å². The van der Waals surface area contributed by atoms with Crippen LogP contribution in [-0.2, 0) is 4.79 Å². The van der Waals surface area contributed by atoms with E-state index in [2.05, 4.69) is 10.2 Å². The highest BCUT2D eigenvalue weighted by molar-refractivity contribution is 5.74. The number of hydrogen-bond donors (Lipinski definition) is 2. The van der Waals surface area contributed by atoms with Gasteiger partial charge in [0.2, 0.25) is 0 Å². The first-order chi connectivity index (χ1) is 9.99. The molecule has 1 heterocycles. The maximum Gasteiger partial charge on any atom is 0.317 e. The Morgan fingerprint density at radius 3 is 2.48 bits per heavy atom. The van der Waals surface area contributed by atoms with Crippen LogP contribution in [0.2, 0.25) is 0 Å². The summed E-state index contributed by atoms with van der Waals surface area (Å²) in [6.07, 6.45) is 4.89. The molecule has 0 radical (unpaired) electrons. The van der Waals surface area contributed by atoms with Gasteiger partial charge in [-0.25, -0.2) is 4.79 Å². The van der Waals surface area contributed by atoms with Crippen molar-refractivity contribution in [2.45, 2.75) is 38.5 Å². The highest BCUT2D eigenvalue weighted by atomic mass is 16.4. The van der Waals surface area contributed by atoms with Gasteiger partial charge in [0.1, 0.15) is 0 Å². The van der Waals surface area contributed by atoms with Gasteiger partial charge in [-0.3, -0.25) is 4.79 Å². The Morgan fingerprint density at radius 1 is 1.24 bits per heavy atom. The maximum absolute atomic E-state index is 12.0. The molecule has 0 spiro atoms. The smallest absolute Gasteiger partial charge is 0.317 e. The molecule has 0 atom stereocenters. The molecule has 0 saturated carbocycles. The molecule has 0 aromatic heterocycles. The van der Waals surface area contributed by atoms with E-state index in [0.717, 1.165) is 58.3 Å². The van der Waals surface area contributed by atoms with Gasteiger partial charge >= 0.3 is 12.0 Å². The molecule has 0 unspecified atom stereocenters. The zero-order valence-corrected chi connectivity index (χ0v) is 13.3. The fourth-order valence-corrected chi connectivity index (χ4v) is 2.61. The lowest BCUT2D eigenvalue weighted by Gasteiger charge is -2.31. The van der Waals surface area contributed by atoms with E-state index >= 15 is 0 Å². The molecule has 1 aliphatic rings. The minimum atomic E-state index is -0.729. The van der Waals surface area contributed by atoms with Crippen LogP contribution in [0.3, 0.4) is 0 Å². The van der Waals surface area contributed by atoms with E-state index in [0.29, 0.717) is 5.92 Å². The van der Waals surface area contributed by atoms with Crippen molar-refractivity contribution < 1.29 is 14.7 Å². The quantitative estimate of drug-likeness (QED) is 0.668. The summed E-state index contributed by atoms with van der Waals surface area (Å²) in [5.74, 6) is -0.280. The van der Waals surface area contributed by atoms with Gasteiger partial charge in [0.15, 0.2) is 0 Å². The summed E-state index contributed by atoms with van der Waals surface area (Å²) in [6.45, 7) is 3.26. The van der Waals surface area contributed by atoms with Crippen LogP contribution < -0.4 is 5.32 Å². The molecule has 2 amide bonds. The van der Waals surface area contributed by atoms with Gasteiger partial charge in [0, 0.05) is 26.1 Å². The molecule has 1 aliphatic heterocycles. The second-order valence-corrected chi connectivity index (χ2v) is 6.11. The third-order valence-corrected chi connectivity index (χ3v) is 3.98. The van der Waals surface area contributed by atoms with Crippen molar-refractivity contribution in [3.63, 3.8) is 0 Å². The van der Waals surface area contributed by atoms with Crippen molar-refractivity contribution in [3.05, 3.63) is 0 Å². The minimum Gasteiger partial charge on any atom is -0.481 e. The van der Waals surface area contributed by atoms with E-state index in [9.17, 15) is 9.59 Å². The normalized spacial score (nSPS) is 16.2. The Morgan fingerprint density at radius 2 is 1.90 bits per heavy atom. The van der Waals surface area contributed by atoms with Crippen LogP contribution in [0, 0.1) is 5.92 Å². The van der Waals surface area contributed by atoms with Crippen molar-refractivity contribution in [2.24, 2.45) is 5.92 Å². The second kappa shape index (κ2) is 9.60. The number of carbonyl (C=O) groups is 2. The minimum absolute atomic E-state index is 0.0246. The lowest BCUT2D eigenvalue weighted by Crippen LogP contribution is -2.44. The molecule has 122 valence electrons. The molecule has 6 heteroatoms. The molecular formula is C15H29N3O3. The largest absolute Gasteiger partial charge is 0.481 e. The number of nitrogens with one attached hydrogen (secondary N) is 1. The van der Waals surface area contributed by atoms with Gasteiger partial charge in [-0.15, -0.1) is 0 Å². The molecule has 1 saturated heterocycles. The second-order valence-electron chi connectivity index (χ2n) is 6.11. The summed E-state index contributed by atoms with van der Waals surface area (Å²) in [7, 11) is 4.10. The molecule has 0 bridgehead atoms. The van der Waals surface area contributed by atoms with Crippen molar-refractivity contribution >= 4 is 12.0 Å². The third-order valence-electron chi connectivity index (χ3n) is 3.98. The Balaban J connectivity index is 2.10. The number of unbranched alkanes of at least 4 members (excludes halogenated alkanes) is 1. The molecule has 0 aromatic rings. The summed E-state index contributed by atoms with van der Waals surface area (Å²) in [5, 5.41) is 11.6. The van der Waals surface area contributed by atoms with E-state index in [1.807, 2.05) is 19.0 Å². The zero-order valence-electron chi connectivity index (χ0n) is 13.3. The predicted octanol–water partition coefficient (Wildman–Crippen LogP) is 1.61. The summed E-state index contributed by atoms with van der Waals surface area (Å²) in [6, 6.07) is 0.0246. The Labute approximate surface area is 127 Å². The van der Waals surface area contributed by atoms with Crippen molar-refractivity contribution in [3.8, 4) is 0 Å². The van der Waals surface area contributed by atoms with E-state index in [4.69, 9.17) is 5.11 Å². The van der Waals surface area contributed by atoms with Crippen molar-refractivity contribution in [1.29, 1.82) is 0 Å². The van der Waals surface area contributed by atoms with Gasteiger partial charge in [0.05, 0.1) is 0 Å². The average molecular weight is 299 g/mol. The highest BCUT2D eigenvalue weighted by Gasteiger charge is 2.22. The number of urea groups is 1. The van der Waals surface area contributed by atoms with Gasteiger partial charge in [-0.05, 0) is 58.7 Å². The van der Waals surface area contributed by atoms with Crippen molar-refractivity contribution in [2.75, 3.05) is 40.3 Å². The standard InChI is InChI=1S/C15H29N3O3/c1-17(2)10-4-3-9-16-15(21)18-11-7-13(8-12-18)5-6-14(19)20/h13H,3-12H2,1-2H3,(H,16,21)(H,19,20). The van der Waals surface area contributed by atoms with Crippen LogP contribution in [0.4, 0.5) is 4.79 Å². The van der Waals surface area contributed by atoms with Gasteiger partial charge in [0.25, 0.3) is 0 Å². The average Bonchev–Trinajstić information content (AvgIpc) is 2.44. The first kappa shape index (κ1) is 17.8. The van der Waals surface area contributed by atoms with E-state index in [-0.39, 0.29) is 12.5 Å². The number of aliphatic carboxylic acids is 1. The van der Waals surface area contributed by atoms with Crippen LogP contribution in [0.5, 0.6) is 0 Å². The summed E-state index contributed by atoms with van der Waals surface area (Å²) in [5.41, 5.74) is 0. The number of amides is 2. The summed E-state index contributed by atoms with van der Waals surface area (Å²) in [4.78, 5) is 26.5. The van der Waals surface area contributed by atoms with Crippen LogP contribution in [-0.4, -0.2) is 67.2 Å². The number of carboxylic acid groups (broad SMARTS) is 1. The summed E-state index contributed by atoms with van der Waals surface area (Å²) < 4.78 is 0. The number of nitrogens with zero attached hydrogens (tertiary/aromatic N) is 2. The van der Waals surface area contributed by atoms with Gasteiger partial charge < -0.3 is 20.2 Å². The predicted molar refractivity (Wildman–Crippen MR) is 82.4 cm³/mol. The molecular weight excluding hydrogens is 270 g/mol. The van der Waals surface area contributed by atoms with Crippen LogP contribution >= 0.6 is 0 Å². The Bertz CT molecular complexity index is 326. The maximum atomic E-state index is 12.0. The molecule has 0 aliphatic carbocycles. The molecule has 21 heavy (non-hydrogen) atoms. The zero-order chi connectivity index (χ0) is 15.7. The number of piperidine rings is 1. The SMILES string of the molecule is CN(C)CCCCNC(=O)N1CCC(CCC(=O)O)CC1. The van der Waals surface area contributed by atoms with E-state index in [1.54, 1.807) is 0 Å². The number of carbonyl (C=O) groups excluding carboxylic acids is 1. The van der Waals surface area contributed by atoms with Crippen LogP contribution in [0.15, 0.2) is 0 Å². The number of rotatable bonds is 8. The molecule has 6 nitrogen and oxygen atoms in total. The fourth-order valence-electron chi connectivity index (χ4n) is 2.61. The monoisotopic (exact) mass is 299 g/mol. The third kappa shape index (κ3) is 7.90. The number of carboxylic acids is 1. The Kier molecular flexibility index (Phi) is 8.12. The molecule has 1 rings (SSSR count). The number of hydrogen-bond acceptors (Lipinski definition) is 3. The Hall–Kier alpha value is -1.30. The van der Waals surface area contributed by atoms with Crippen LogP contribution in [0.1, 0.15) is 38.5 Å². The lowest BCUT2D eigenvalue weighted by molar-refractivity contribution is -0.137. The first-order valence-electron chi connectivity index (χ1n) is 7.88. The highest BCUT2D eigenvalue weighted by Crippen LogP contribution is 2.21. The topological polar surface area (TPSA) is 72.9 Å². The number of likely N-dealkylation sites (tertiary alicyclic amines) is 1. The van der Waals surface area contributed by atoms with E-state index in [1.165, 1.54) is 0 Å². The van der Waals surface area contributed by atoms with Gasteiger partial charge in [-0.2, -0.15) is 0 Å². The first-order valence-corrected chi connectivity index (χ1v) is 7.88. The van der Waals surface area contributed by atoms with E-state index < -0.39 is 5.97 Å². The lowest BCUT2D eigenvalue weighted by atomic mass is 9.92. The summed E-state index contributed by atoms with van der Waals surface area (Å²) >= 11 is 0. The molecule has 2 N–H and O–H groups in total. The molecule has 0 aromatic carbocycles. The van der Waals surface area contributed by atoms with Crippen LogP contribution in [0.25, 0.3) is 0 Å². The molecule has 1 fully saturated rings. The fraction of sp³-hybridized carbons (Fsp3) is 0.867.